The van der Waals surface area contributed by atoms with E-state index in [1.807, 2.05) is 18.2 Å². The molecule has 0 fully saturated rings. The molecule has 0 N–H and O–H groups in total. The second-order valence-electron chi connectivity index (χ2n) is 17.8. The molecule has 64 heavy (non-hydrogen) atoms. The molecule has 13 rings (SSSR count). The van der Waals surface area contributed by atoms with Crippen molar-refractivity contribution in [1.29, 1.82) is 0 Å². The van der Waals surface area contributed by atoms with E-state index in [1.165, 1.54) is 60.2 Å². The Hall–Kier alpha value is -7.95. The monoisotopic (exact) mass is 819 g/mol. The van der Waals surface area contributed by atoms with E-state index in [-0.39, 0.29) is 5.41 Å². The lowest BCUT2D eigenvalue weighted by atomic mass is 9.77. The first-order valence-electron chi connectivity index (χ1n) is 22.2. The van der Waals surface area contributed by atoms with Gasteiger partial charge in [-0.05, 0) is 126 Å². The molecule has 0 unspecified atom stereocenters. The first-order valence-corrected chi connectivity index (χ1v) is 22.2. The average molecular weight is 820 g/mol. The molecular weight excluding hydrogens is 779 g/mol. The van der Waals surface area contributed by atoms with Crippen LogP contribution in [0, 0.1) is 0 Å². The van der Waals surface area contributed by atoms with Crippen molar-refractivity contribution in [3.63, 3.8) is 0 Å². The Morgan fingerprint density at radius 2 is 0.984 bits per heavy atom. The van der Waals surface area contributed by atoms with E-state index < -0.39 is 0 Å². The third kappa shape index (κ3) is 5.65. The summed E-state index contributed by atoms with van der Waals surface area (Å²) < 4.78 is 6.57. The van der Waals surface area contributed by atoms with Crippen molar-refractivity contribution in [2.45, 2.75) is 32.1 Å². The molecular formula is C60H41N3O. The molecule has 4 nitrogen and oxygen atoms in total. The maximum Gasteiger partial charge on any atom is 0.164 e. The predicted molar refractivity (Wildman–Crippen MR) is 265 cm³/mol. The van der Waals surface area contributed by atoms with Crippen LogP contribution in [0.4, 0.5) is 0 Å². The van der Waals surface area contributed by atoms with Crippen LogP contribution in [0.2, 0.25) is 0 Å². The third-order valence-corrected chi connectivity index (χ3v) is 13.9. The van der Waals surface area contributed by atoms with Crippen molar-refractivity contribution >= 4 is 65.4 Å². The SMILES string of the molecule is CC1(C)C2=C(C=C(c3nc(-c4ccccc4)nc(-c4cccc(-c5cccc6oc7ccc(-c8ccc9c%10ccccc%10c%10ccccc%10c9c8)cc7c56)c4)n3)CC2)c2ccccc21. The van der Waals surface area contributed by atoms with Gasteiger partial charge in [-0.1, -0.05) is 171 Å². The molecule has 2 aliphatic carbocycles. The minimum absolute atomic E-state index is 0.0000867. The third-order valence-electron chi connectivity index (χ3n) is 13.9. The first kappa shape index (κ1) is 36.7. The van der Waals surface area contributed by atoms with Crippen LogP contribution < -0.4 is 0 Å². The van der Waals surface area contributed by atoms with Crippen molar-refractivity contribution in [3.05, 3.63) is 211 Å². The molecule has 0 amide bonds. The Kier molecular flexibility index (Phi) is 8.04. The van der Waals surface area contributed by atoms with Gasteiger partial charge < -0.3 is 4.42 Å². The highest BCUT2D eigenvalue weighted by molar-refractivity contribution is 6.26. The summed E-state index contributed by atoms with van der Waals surface area (Å²) in [6, 6.07) is 65.1. The largest absolute Gasteiger partial charge is 0.456 e. The van der Waals surface area contributed by atoms with Gasteiger partial charge in [0.15, 0.2) is 17.5 Å². The van der Waals surface area contributed by atoms with Crippen molar-refractivity contribution in [2.75, 3.05) is 0 Å². The molecule has 2 aromatic heterocycles. The van der Waals surface area contributed by atoms with Gasteiger partial charge in [-0.15, -0.1) is 0 Å². The van der Waals surface area contributed by atoms with E-state index in [0.29, 0.717) is 11.6 Å². The fourth-order valence-electron chi connectivity index (χ4n) is 10.7. The van der Waals surface area contributed by atoms with Crippen molar-refractivity contribution in [3.8, 4) is 45.0 Å². The van der Waals surface area contributed by atoms with Crippen molar-refractivity contribution in [2.24, 2.45) is 0 Å². The summed E-state index contributed by atoms with van der Waals surface area (Å²) in [6.07, 6.45) is 4.19. The topological polar surface area (TPSA) is 51.8 Å². The van der Waals surface area contributed by atoms with Gasteiger partial charge in [0, 0.05) is 27.3 Å². The first-order chi connectivity index (χ1) is 31.5. The summed E-state index contributed by atoms with van der Waals surface area (Å²) in [5, 5.41) is 9.80. The van der Waals surface area contributed by atoms with Crippen LogP contribution in [-0.2, 0) is 5.41 Å². The highest BCUT2D eigenvalue weighted by Crippen LogP contribution is 2.52. The molecule has 0 spiro atoms. The van der Waals surface area contributed by atoms with Crippen LogP contribution in [0.3, 0.4) is 0 Å². The number of allylic oxidation sites excluding steroid dienone is 4. The molecule has 0 saturated heterocycles. The van der Waals surface area contributed by atoms with E-state index >= 15 is 0 Å². The van der Waals surface area contributed by atoms with E-state index in [4.69, 9.17) is 19.4 Å². The molecule has 4 heteroatoms. The van der Waals surface area contributed by atoms with Crippen LogP contribution in [0.25, 0.3) is 110 Å². The minimum atomic E-state index is 0.0000867. The Balaban J connectivity index is 0.932. The number of fused-ring (bicyclic) bond motifs is 11. The van der Waals surface area contributed by atoms with Crippen molar-refractivity contribution in [1.82, 2.24) is 15.0 Å². The standard InChI is InChI=1S/C60H41N3O/c1-60(2)52-24-11-10-22-48(52)50-35-41(27-30-53(50)60)59-62-57(36-14-4-3-5-15-36)61-58(63-59)40-17-12-16-39(32-40)42-23-13-25-55-56(42)51-34-38(28-31-54(51)64-55)37-26-29-47-45-20-7-6-18-43(45)44-19-8-9-21-46(44)49(47)33-37/h3-26,28-29,31-35H,27,30H2,1-2H3. The zero-order chi connectivity index (χ0) is 42.5. The summed E-state index contributed by atoms with van der Waals surface area (Å²) in [5.41, 5.74) is 14.8. The maximum atomic E-state index is 6.57. The van der Waals surface area contributed by atoms with Gasteiger partial charge in [0.25, 0.3) is 0 Å². The van der Waals surface area contributed by atoms with Gasteiger partial charge in [-0.2, -0.15) is 0 Å². The number of rotatable bonds is 5. The van der Waals surface area contributed by atoms with E-state index in [9.17, 15) is 0 Å². The zero-order valence-corrected chi connectivity index (χ0v) is 35.6. The van der Waals surface area contributed by atoms with Crippen LogP contribution in [-0.4, -0.2) is 15.0 Å². The van der Waals surface area contributed by atoms with Crippen LogP contribution in [0.1, 0.15) is 43.6 Å². The predicted octanol–water partition coefficient (Wildman–Crippen LogP) is 15.8. The molecule has 0 radical (unpaired) electrons. The highest BCUT2D eigenvalue weighted by atomic mass is 16.3. The molecule has 11 aromatic rings. The number of hydrogen-bond acceptors (Lipinski definition) is 4. The quantitative estimate of drug-likeness (QED) is 0.162. The number of hydrogen-bond donors (Lipinski definition) is 0. The van der Waals surface area contributed by atoms with E-state index in [2.05, 4.69) is 184 Å². The van der Waals surface area contributed by atoms with Gasteiger partial charge in [-0.3, -0.25) is 0 Å². The van der Waals surface area contributed by atoms with Gasteiger partial charge >= 0.3 is 0 Å². The number of nitrogens with zero attached hydrogens (tertiary/aromatic N) is 3. The smallest absolute Gasteiger partial charge is 0.164 e. The fourth-order valence-corrected chi connectivity index (χ4v) is 10.7. The lowest BCUT2D eigenvalue weighted by Crippen LogP contribution is -2.18. The van der Waals surface area contributed by atoms with Gasteiger partial charge in [0.1, 0.15) is 11.2 Å². The second kappa shape index (κ2) is 14.0. The Morgan fingerprint density at radius 3 is 1.77 bits per heavy atom. The fraction of sp³-hybridized carbons (Fsp3) is 0.0833. The molecule has 9 aromatic carbocycles. The molecule has 0 aliphatic heterocycles. The summed E-state index contributed by atoms with van der Waals surface area (Å²) >= 11 is 0. The summed E-state index contributed by atoms with van der Waals surface area (Å²) in [6.45, 7) is 4.71. The van der Waals surface area contributed by atoms with Crippen LogP contribution in [0.5, 0.6) is 0 Å². The Bertz CT molecular complexity index is 3780. The minimum Gasteiger partial charge on any atom is -0.456 e. The molecule has 302 valence electrons. The van der Waals surface area contributed by atoms with Gasteiger partial charge in [0.2, 0.25) is 0 Å². The maximum absolute atomic E-state index is 6.57. The van der Waals surface area contributed by atoms with Gasteiger partial charge in [-0.25, -0.2) is 15.0 Å². The van der Waals surface area contributed by atoms with Crippen molar-refractivity contribution < 1.29 is 4.42 Å². The van der Waals surface area contributed by atoms with Crippen LogP contribution in [0.15, 0.2) is 198 Å². The van der Waals surface area contributed by atoms with E-state index in [0.717, 1.165) is 74.0 Å². The molecule has 2 heterocycles. The molecule has 0 bridgehead atoms. The van der Waals surface area contributed by atoms with E-state index in [1.54, 1.807) is 0 Å². The van der Waals surface area contributed by atoms with Crippen LogP contribution >= 0.6 is 0 Å². The lowest BCUT2D eigenvalue weighted by Gasteiger charge is -2.26. The number of benzene rings is 9. The molecule has 0 saturated carbocycles. The molecule has 0 atom stereocenters. The average Bonchev–Trinajstić information content (AvgIpc) is 3.85. The molecule has 2 aliphatic rings. The second-order valence-corrected chi connectivity index (χ2v) is 17.8. The summed E-state index contributed by atoms with van der Waals surface area (Å²) in [5.74, 6) is 2.05. The highest BCUT2D eigenvalue weighted by Gasteiger charge is 2.38. The number of aromatic nitrogens is 3. The number of furan rings is 1. The summed E-state index contributed by atoms with van der Waals surface area (Å²) in [4.78, 5) is 15.6. The Morgan fingerprint density at radius 1 is 0.406 bits per heavy atom. The normalized spacial score (nSPS) is 14.4. The summed E-state index contributed by atoms with van der Waals surface area (Å²) in [7, 11) is 0. The van der Waals surface area contributed by atoms with Gasteiger partial charge in [0.05, 0.1) is 0 Å². The zero-order valence-electron chi connectivity index (χ0n) is 35.6. The Labute approximate surface area is 370 Å². The lowest BCUT2D eigenvalue weighted by molar-refractivity contribution is 0.608.